The van der Waals surface area contributed by atoms with Crippen LogP contribution in [-0.2, 0) is 0 Å². The van der Waals surface area contributed by atoms with E-state index in [2.05, 4.69) is 68.4 Å². The highest BCUT2D eigenvalue weighted by molar-refractivity contribution is 5.97. The number of hydrogen-bond donors (Lipinski definition) is 2. The lowest BCUT2D eigenvalue weighted by Crippen LogP contribution is -2.29. The number of benzene rings is 2. The molecule has 3 aromatic heterocycles. The van der Waals surface area contributed by atoms with Gasteiger partial charge in [-0.25, -0.2) is 4.98 Å². The summed E-state index contributed by atoms with van der Waals surface area (Å²) in [7, 11) is 0. The maximum atomic E-state index is 5.01. The molecule has 1 aliphatic rings. The number of aromatic amines is 2. The van der Waals surface area contributed by atoms with E-state index in [1.807, 2.05) is 18.5 Å². The summed E-state index contributed by atoms with van der Waals surface area (Å²) in [5.41, 5.74) is 8.60. The first kappa shape index (κ1) is 18.1. The number of imidazole rings is 1. The summed E-state index contributed by atoms with van der Waals surface area (Å²) in [6.45, 7) is 4.31. The Balaban J connectivity index is 1.47. The number of anilines is 1. The van der Waals surface area contributed by atoms with Gasteiger partial charge in [0.15, 0.2) is 5.82 Å². The molecule has 2 aromatic carbocycles. The van der Waals surface area contributed by atoms with Crippen LogP contribution < -0.4 is 4.90 Å². The minimum Gasteiger partial charge on any atom is -0.370 e. The Morgan fingerprint density at radius 2 is 1.87 bits per heavy atom. The van der Waals surface area contributed by atoms with Gasteiger partial charge in [-0.15, -0.1) is 0 Å². The summed E-state index contributed by atoms with van der Waals surface area (Å²) in [6, 6.07) is 14.8. The molecule has 6 heteroatoms. The van der Waals surface area contributed by atoms with Crippen molar-refractivity contribution in [2.24, 2.45) is 0 Å². The summed E-state index contributed by atoms with van der Waals surface area (Å²) in [6.07, 6.45) is 7.55. The number of nitrogens with zero attached hydrogens (tertiary/aromatic N) is 4. The normalized spacial score (nSPS) is 14.5. The quantitative estimate of drug-likeness (QED) is 0.415. The van der Waals surface area contributed by atoms with Gasteiger partial charge in [-0.1, -0.05) is 12.1 Å². The molecule has 0 spiro atoms. The lowest BCUT2D eigenvalue weighted by molar-refractivity contribution is 0.579. The molecule has 0 saturated carbocycles. The number of pyridine rings is 1. The molecule has 0 unspecified atom stereocenters. The minimum atomic E-state index is 0.797. The number of nitrogens with one attached hydrogen (secondary N) is 2. The summed E-state index contributed by atoms with van der Waals surface area (Å²) in [5, 5.41) is 8.83. The third-order valence-electron chi connectivity index (χ3n) is 6.33. The van der Waals surface area contributed by atoms with E-state index in [-0.39, 0.29) is 0 Å². The number of rotatable bonds is 3. The molecule has 0 aliphatic carbocycles. The number of piperidine rings is 1. The molecule has 31 heavy (non-hydrogen) atoms. The Morgan fingerprint density at radius 3 is 2.74 bits per heavy atom. The van der Waals surface area contributed by atoms with Gasteiger partial charge < -0.3 is 9.88 Å². The van der Waals surface area contributed by atoms with E-state index in [0.717, 1.165) is 57.7 Å². The van der Waals surface area contributed by atoms with Crippen LogP contribution in [0.1, 0.15) is 24.8 Å². The molecular formula is C25H24N6. The second kappa shape index (κ2) is 7.23. The summed E-state index contributed by atoms with van der Waals surface area (Å²) >= 11 is 0. The molecule has 0 bridgehead atoms. The number of para-hydroxylation sites is 1. The van der Waals surface area contributed by atoms with Gasteiger partial charge in [0.05, 0.1) is 16.7 Å². The van der Waals surface area contributed by atoms with Crippen LogP contribution in [0, 0.1) is 6.92 Å². The Labute approximate surface area is 180 Å². The SMILES string of the molecule is Cc1ccncc1-c1ccc2[nH]nc(-c3nc4c(N5CCCCC5)cccc4[nH]3)c2c1. The van der Waals surface area contributed by atoms with Crippen LogP contribution in [0.3, 0.4) is 0 Å². The molecule has 6 rings (SSSR count). The van der Waals surface area contributed by atoms with Crippen LogP contribution in [0.5, 0.6) is 0 Å². The second-order valence-corrected chi connectivity index (χ2v) is 8.33. The van der Waals surface area contributed by atoms with Crippen molar-refractivity contribution in [1.29, 1.82) is 0 Å². The fraction of sp³-hybridized carbons (Fsp3) is 0.240. The van der Waals surface area contributed by atoms with Crippen LogP contribution in [0.25, 0.3) is 44.6 Å². The Hall–Kier alpha value is -3.67. The summed E-state index contributed by atoms with van der Waals surface area (Å²) in [5.74, 6) is 0.797. The van der Waals surface area contributed by atoms with Crippen molar-refractivity contribution in [3.8, 4) is 22.6 Å². The van der Waals surface area contributed by atoms with Crippen molar-refractivity contribution in [2.75, 3.05) is 18.0 Å². The Bertz CT molecular complexity index is 1390. The molecule has 1 saturated heterocycles. The molecule has 154 valence electrons. The smallest absolute Gasteiger partial charge is 0.159 e. The molecular weight excluding hydrogens is 384 g/mol. The second-order valence-electron chi connectivity index (χ2n) is 8.33. The highest BCUT2D eigenvalue weighted by Gasteiger charge is 2.18. The van der Waals surface area contributed by atoms with Crippen LogP contribution in [-0.4, -0.2) is 38.2 Å². The van der Waals surface area contributed by atoms with Crippen LogP contribution >= 0.6 is 0 Å². The fourth-order valence-corrected chi connectivity index (χ4v) is 4.65. The van der Waals surface area contributed by atoms with Gasteiger partial charge in [0.25, 0.3) is 0 Å². The number of aromatic nitrogens is 5. The van der Waals surface area contributed by atoms with Crippen molar-refractivity contribution in [1.82, 2.24) is 25.1 Å². The van der Waals surface area contributed by atoms with Gasteiger partial charge in [-0.2, -0.15) is 5.10 Å². The van der Waals surface area contributed by atoms with Crippen molar-refractivity contribution in [3.63, 3.8) is 0 Å². The van der Waals surface area contributed by atoms with E-state index in [0.29, 0.717) is 0 Å². The highest BCUT2D eigenvalue weighted by Crippen LogP contribution is 2.33. The molecule has 0 radical (unpaired) electrons. The zero-order valence-electron chi connectivity index (χ0n) is 17.5. The Morgan fingerprint density at radius 1 is 0.968 bits per heavy atom. The average Bonchev–Trinajstić information content (AvgIpc) is 3.43. The molecule has 0 atom stereocenters. The number of fused-ring (bicyclic) bond motifs is 2. The lowest BCUT2D eigenvalue weighted by atomic mass is 10.0. The zero-order chi connectivity index (χ0) is 20.8. The number of hydrogen-bond acceptors (Lipinski definition) is 4. The molecule has 6 nitrogen and oxygen atoms in total. The predicted octanol–water partition coefficient (Wildman–Crippen LogP) is 5.47. The third-order valence-corrected chi connectivity index (χ3v) is 6.33. The van der Waals surface area contributed by atoms with E-state index in [4.69, 9.17) is 4.98 Å². The van der Waals surface area contributed by atoms with Gasteiger partial charge in [0.1, 0.15) is 11.2 Å². The summed E-state index contributed by atoms with van der Waals surface area (Å²) in [4.78, 5) is 15.3. The summed E-state index contributed by atoms with van der Waals surface area (Å²) < 4.78 is 0. The number of H-pyrrole nitrogens is 2. The molecule has 1 fully saturated rings. The van der Waals surface area contributed by atoms with Crippen LogP contribution in [0.2, 0.25) is 0 Å². The first-order valence-corrected chi connectivity index (χ1v) is 10.9. The van der Waals surface area contributed by atoms with Gasteiger partial charge >= 0.3 is 0 Å². The minimum absolute atomic E-state index is 0.797. The predicted molar refractivity (Wildman–Crippen MR) is 125 cm³/mol. The lowest BCUT2D eigenvalue weighted by Gasteiger charge is -2.28. The zero-order valence-corrected chi connectivity index (χ0v) is 17.5. The van der Waals surface area contributed by atoms with Gasteiger partial charge in [0, 0.05) is 36.4 Å². The molecule has 5 aromatic rings. The number of aryl methyl sites for hydroxylation is 1. The van der Waals surface area contributed by atoms with E-state index in [9.17, 15) is 0 Å². The topological polar surface area (TPSA) is 73.5 Å². The molecule has 4 heterocycles. The standard InChI is InChI=1S/C25H24N6/c1-16-10-11-26-15-19(16)17-8-9-20-18(14-17)23(30-29-20)25-27-21-6-5-7-22(24(21)28-25)31-12-3-2-4-13-31/h5-11,14-15H,2-4,12-13H2,1H3,(H,27,28)(H,29,30). The maximum Gasteiger partial charge on any atom is 0.159 e. The van der Waals surface area contributed by atoms with Crippen molar-refractivity contribution < 1.29 is 0 Å². The van der Waals surface area contributed by atoms with Crippen molar-refractivity contribution in [3.05, 3.63) is 60.4 Å². The Kier molecular flexibility index (Phi) is 4.23. The monoisotopic (exact) mass is 408 g/mol. The van der Waals surface area contributed by atoms with E-state index in [1.54, 1.807) is 0 Å². The molecule has 1 aliphatic heterocycles. The molecule has 2 N–H and O–H groups in total. The third kappa shape index (κ3) is 3.06. The van der Waals surface area contributed by atoms with Gasteiger partial charge in [-0.05, 0) is 67.6 Å². The highest BCUT2D eigenvalue weighted by atomic mass is 15.2. The van der Waals surface area contributed by atoms with Crippen molar-refractivity contribution in [2.45, 2.75) is 26.2 Å². The van der Waals surface area contributed by atoms with E-state index in [1.165, 1.54) is 30.5 Å². The van der Waals surface area contributed by atoms with Crippen LogP contribution in [0.4, 0.5) is 5.69 Å². The van der Waals surface area contributed by atoms with Crippen molar-refractivity contribution >= 4 is 27.6 Å². The van der Waals surface area contributed by atoms with Crippen LogP contribution in [0.15, 0.2) is 54.9 Å². The fourth-order valence-electron chi connectivity index (χ4n) is 4.65. The van der Waals surface area contributed by atoms with Gasteiger partial charge in [-0.3, -0.25) is 10.1 Å². The molecule has 0 amide bonds. The first-order chi connectivity index (χ1) is 15.3. The largest absolute Gasteiger partial charge is 0.370 e. The maximum absolute atomic E-state index is 5.01. The van der Waals surface area contributed by atoms with E-state index < -0.39 is 0 Å². The average molecular weight is 409 g/mol. The van der Waals surface area contributed by atoms with Gasteiger partial charge in [0.2, 0.25) is 0 Å². The first-order valence-electron chi connectivity index (χ1n) is 10.9. The van der Waals surface area contributed by atoms with E-state index >= 15 is 0 Å².